The topological polar surface area (TPSA) is 71.9 Å². The molecule has 1 heterocycles. The van der Waals surface area contributed by atoms with Gasteiger partial charge >= 0.3 is 0 Å². The Morgan fingerprint density at radius 2 is 2.04 bits per heavy atom. The lowest BCUT2D eigenvalue weighted by Crippen LogP contribution is -2.36. The summed E-state index contributed by atoms with van der Waals surface area (Å²) in [7, 11) is 1.63. The van der Waals surface area contributed by atoms with Crippen molar-refractivity contribution in [3.05, 3.63) is 29.0 Å². The molecule has 1 aromatic heterocycles. The number of carbonyl (C=O) groups is 1. The van der Waals surface area contributed by atoms with Crippen LogP contribution in [0.15, 0.2) is 24.3 Å². The normalized spacial score (nSPS) is 15.1. The van der Waals surface area contributed by atoms with Gasteiger partial charge in [0.15, 0.2) is 10.6 Å². The Morgan fingerprint density at radius 3 is 2.72 bits per heavy atom. The van der Waals surface area contributed by atoms with Crippen LogP contribution in [-0.4, -0.2) is 33.8 Å². The zero-order valence-electron chi connectivity index (χ0n) is 14.5. The average molecular weight is 360 g/mol. The van der Waals surface area contributed by atoms with Crippen LogP contribution < -0.4 is 10.1 Å². The van der Waals surface area contributed by atoms with E-state index in [2.05, 4.69) is 15.5 Å². The molecule has 25 heavy (non-hydrogen) atoms. The number of ether oxygens (including phenoxy) is 1. The number of hydrogen-bond donors (Lipinski definition) is 2. The lowest BCUT2D eigenvalue weighted by molar-refractivity contribution is -0.122. The van der Waals surface area contributed by atoms with Crippen LogP contribution in [0.4, 0.5) is 0 Å². The van der Waals surface area contributed by atoms with Crippen LogP contribution in [0.5, 0.6) is 5.75 Å². The molecular weight excluding hydrogens is 336 g/mol. The van der Waals surface area contributed by atoms with E-state index >= 15 is 0 Å². The first-order valence-electron chi connectivity index (χ1n) is 8.76. The molecule has 134 valence electrons. The second-order valence-corrected chi connectivity index (χ2v) is 6.77. The number of aromatic nitrogens is 3. The minimum Gasteiger partial charge on any atom is -0.497 e. The fourth-order valence-corrected chi connectivity index (χ4v) is 3.47. The summed E-state index contributed by atoms with van der Waals surface area (Å²) in [4.78, 5) is 12.2. The molecule has 1 fully saturated rings. The number of aromatic amines is 1. The molecule has 0 spiro atoms. The van der Waals surface area contributed by atoms with Gasteiger partial charge in [0.05, 0.1) is 7.11 Å². The second-order valence-electron chi connectivity index (χ2n) is 6.38. The van der Waals surface area contributed by atoms with Gasteiger partial charge in [-0.25, -0.2) is 0 Å². The molecule has 1 amide bonds. The number of nitrogens with zero attached hydrogens (tertiary/aromatic N) is 2. The molecule has 1 aromatic carbocycles. The number of rotatable bonds is 6. The van der Waals surface area contributed by atoms with Gasteiger partial charge in [0.1, 0.15) is 5.75 Å². The Balaban J connectivity index is 1.65. The number of carbonyl (C=O) groups excluding carboxylic acids is 1. The Labute approximate surface area is 152 Å². The summed E-state index contributed by atoms with van der Waals surface area (Å²) in [6.45, 7) is 0.509. The van der Waals surface area contributed by atoms with Gasteiger partial charge in [-0.15, -0.1) is 0 Å². The molecule has 0 saturated heterocycles. The smallest absolute Gasteiger partial charge is 0.222 e. The van der Waals surface area contributed by atoms with Gasteiger partial charge in [0, 0.05) is 24.6 Å². The molecule has 0 aliphatic heterocycles. The predicted octanol–water partition coefficient (Wildman–Crippen LogP) is 3.46. The van der Waals surface area contributed by atoms with Gasteiger partial charge in [-0.3, -0.25) is 14.5 Å². The van der Waals surface area contributed by atoms with Crippen LogP contribution in [0, 0.1) is 4.77 Å². The van der Waals surface area contributed by atoms with Crippen molar-refractivity contribution in [1.82, 2.24) is 20.1 Å². The van der Waals surface area contributed by atoms with Crippen molar-refractivity contribution in [3.63, 3.8) is 0 Å². The van der Waals surface area contributed by atoms with Crippen LogP contribution in [0.2, 0.25) is 0 Å². The van der Waals surface area contributed by atoms with E-state index in [4.69, 9.17) is 17.0 Å². The number of nitrogens with one attached hydrogen (secondary N) is 2. The number of H-pyrrole nitrogens is 1. The first-order chi connectivity index (χ1) is 12.2. The van der Waals surface area contributed by atoms with Crippen LogP contribution in [-0.2, 0) is 11.3 Å². The third-order valence-electron chi connectivity index (χ3n) is 4.64. The maximum atomic E-state index is 12.2. The lowest BCUT2D eigenvalue weighted by atomic mass is 9.95. The van der Waals surface area contributed by atoms with E-state index in [0.717, 1.165) is 30.0 Å². The van der Waals surface area contributed by atoms with Crippen molar-refractivity contribution in [1.29, 1.82) is 0 Å². The van der Waals surface area contributed by atoms with Crippen molar-refractivity contribution in [2.75, 3.05) is 7.11 Å². The molecule has 2 N–H and O–H groups in total. The molecule has 0 unspecified atom stereocenters. The third kappa shape index (κ3) is 4.48. The summed E-state index contributed by atoms with van der Waals surface area (Å²) in [6, 6.07) is 7.96. The number of hydrogen-bond acceptors (Lipinski definition) is 4. The Kier molecular flexibility index (Phi) is 5.86. The molecule has 7 heteroatoms. The van der Waals surface area contributed by atoms with Crippen molar-refractivity contribution >= 4 is 18.1 Å². The highest BCUT2D eigenvalue weighted by molar-refractivity contribution is 7.71. The van der Waals surface area contributed by atoms with Crippen LogP contribution >= 0.6 is 12.2 Å². The van der Waals surface area contributed by atoms with Gasteiger partial charge in [0.2, 0.25) is 5.91 Å². The molecule has 0 bridgehead atoms. The van der Waals surface area contributed by atoms with Crippen molar-refractivity contribution in [2.24, 2.45) is 0 Å². The maximum Gasteiger partial charge on any atom is 0.222 e. The van der Waals surface area contributed by atoms with Gasteiger partial charge in [-0.05, 0) is 49.3 Å². The molecule has 6 nitrogen and oxygen atoms in total. The summed E-state index contributed by atoms with van der Waals surface area (Å²) < 4.78 is 7.58. The standard InChI is InChI=1S/C18H24N4O2S/c1-24-15-9-7-13(8-10-15)17-20-21-18(25)22(17)12-11-16(23)19-14-5-3-2-4-6-14/h7-10,14H,2-6,11-12H2,1H3,(H,19,23)(H,21,25). The molecule has 1 aliphatic rings. The predicted molar refractivity (Wildman–Crippen MR) is 99.0 cm³/mol. The fourth-order valence-electron chi connectivity index (χ4n) is 3.25. The second kappa shape index (κ2) is 8.29. The third-order valence-corrected chi connectivity index (χ3v) is 4.95. The summed E-state index contributed by atoms with van der Waals surface area (Å²) in [5.74, 6) is 1.60. The SMILES string of the molecule is COc1ccc(-c2n[nH]c(=S)n2CCC(=O)NC2CCCCC2)cc1. The van der Waals surface area contributed by atoms with E-state index in [1.54, 1.807) is 7.11 Å². The van der Waals surface area contributed by atoms with E-state index in [1.165, 1.54) is 19.3 Å². The minimum atomic E-state index is 0.0793. The number of amides is 1. The van der Waals surface area contributed by atoms with Gasteiger partial charge in [0.25, 0.3) is 0 Å². The van der Waals surface area contributed by atoms with E-state index < -0.39 is 0 Å². The zero-order chi connectivity index (χ0) is 17.6. The molecular formula is C18H24N4O2S. The van der Waals surface area contributed by atoms with Crippen molar-refractivity contribution < 1.29 is 9.53 Å². The highest BCUT2D eigenvalue weighted by atomic mass is 32.1. The molecule has 3 rings (SSSR count). The van der Waals surface area contributed by atoms with Gasteiger partial charge in [-0.2, -0.15) is 5.10 Å². The maximum absolute atomic E-state index is 12.2. The first-order valence-corrected chi connectivity index (χ1v) is 9.17. The van der Waals surface area contributed by atoms with E-state index in [9.17, 15) is 4.79 Å². The van der Waals surface area contributed by atoms with E-state index in [0.29, 0.717) is 23.8 Å². The van der Waals surface area contributed by atoms with Crippen LogP contribution in [0.3, 0.4) is 0 Å². The molecule has 1 saturated carbocycles. The number of benzene rings is 1. The summed E-state index contributed by atoms with van der Waals surface area (Å²) >= 11 is 5.32. The zero-order valence-corrected chi connectivity index (χ0v) is 15.3. The first kappa shape index (κ1) is 17.7. The Bertz CT molecular complexity index is 760. The molecule has 1 aliphatic carbocycles. The molecule has 0 radical (unpaired) electrons. The fraction of sp³-hybridized carbons (Fsp3) is 0.500. The largest absolute Gasteiger partial charge is 0.497 e. The molecule has 0 atom stereocenters. The van der Waals surface area contributed by atoms with Crippen molar-refractivity contribution in [3.8, 4) is 17.1 Å². The minimum absolute atomic E-state index is 0.0793. The van der Waals surface area contributed by atoms with Crippen LogP contribution in [0.25, 0.3) is 11.4 Å². The van der Waals surface area contributed by atoms with Gasteiger partial charge in [-0.1, -0.05) is 19.3 Å². The quantitative estimate of drug-likeness (QED) is 0.774. The van der Waals surface area contributed by atoms with Gasteiger partial charge < -0.3 is 10.1 Å². The summed E-state index contributed by atoms with van der Waals surface area (Å²) in [5, 5.41) is 10.3. The van der Waals surface area contributed by atoms with E-state index in [1.807, 2.05) is 28.8 Å². The highest BCUT2D eigenvalue weighted by Gasteiger charge is 2.16. The highest BCUT2D eigenvalue weighted by Crippen LogP contribution is 2.21. The summed E-state index contributed by atoms with van der Waals surface area (Å²) in [5.41, 5.74) is 0.931. The monoisotopic (exact) mass is 360 g/mol. The lowest BCUT2D eigenvalue weighted by Gasteiger charge is -2.22. The Hall–Kier alpha value is -2.15. The Morgan fingerprint density at radius 1 is 1.32 bits per heavy atom. The number of methoxy groups -OCH3 is 1. The van der Waals surface area contributed by atoms with Crippen LogP contribution in [0.1, 0.15) is 38.5 Å². The average Bonchev–Trinajstić information content (AvgIpc) is 3.01. The summed E-state index contributed by atoms with van der Waals surface area (Å²) in [6.07, 6.45) is 6.27. The van der Waals surface area contributed by atoms with E-state index in [-0.39, 0.29) is 5.91 Å². The molecule has 2 aromatic rings. The van der Waals surface area contributed by atoms with Crippen molar-refractivity contribution in [2.45, 2.75) is 51.1 Å².